The molecule has 25 heavy (non-hydrogen) atoms. The summed E-state index contributed by atoms with van der Waals surface area (Å²) in [5.74, 6) is -0.597. The molecule has 1 heterocycles. The standard InChI is InChI=1S/C21H16F2N2/c22-17-12-10-15(11-13-17)19-14-21(16-6-2-1-3-7-16)25(24-19)20-9-5-4-8-18(20)23/h1-13,21H,14H2/t21-/m1/s1. The van der Waals surface area contributed by atoms with E-state index in [-0.39, 0.29) is 17.7 Å². The summed E-state index contributed by atoms with van der Waals surface area (Å²) in [4.78, 5) is 0. The molecule has 3 aromatic carbocycles. The first kappa shape index (κ1) is 15.5. The third kappa shape index (κ3) is 3.03. The van der Waals surface area contributed by atoms with E-state index >= 15 is 0 Å². The van der Waals surface area contributed by atoms with Crippen LogP contribution < -0.4 is 5.01 Å². The molecule has 0 unspecified atom stereocenters. The maximum Gasteiger partial charge on any atom is 0.148 e. The van der Waals surface area contributed by atoms with E-state index in [1.54, 1.807) is 35.3 Å². The molecule has 2 nitrogen and oxygen atoms in total. The molecule has 0 aromatic heterocycles. The Bertz CT molecular complexity index is 905. The molecule has 0 fully saturated rings. The van der Waals surface area contributed by atoms with Gasteiger partial charge in [0.15, 0.2) is 0 Å². The fraction of sp³-hybridized carbons (Fsp3) is 0.0952. The second-order valence-electron chi connectivity index (χ2n) is 5.98. The molecule has 0 aliphatic carbocycles. The molecule has 3 aromatic rings. The van der Waals surface area contributed by atoms with Crippen molar-refractivity contribution in [1.82, 2.24) is 0 Å². The van der Waals surface area contributed by atoms with E-state index in [9.17, 15) is 8.78 Å². The average Bonchev–Trinajstić information content (AvgIpc) is 3.08. The summed E-state index contributed by atoms with van der Waals surface area (Å²) < 4.78 is 27.6. The number of hydrogen-bond donors (Lipinski definition) is 0. The highest BCUT2D eigenvalue weighted by Crippen LogP contribution is 2.37. The lowest BCUT2D eigenvalue weighted by atomic mass is 9.98. The van der Waals surface area contributed by atoms with Crippen LogP contribution in [0.5, 0.6) is 0 Å². The Labute approximate surface area is 145 Å². The van der Waals surface area contributed by atoms with Gasteiger partial charge in [-0.3, -0.25) is 5.01 Å². The molecular weight excluding hydrogens is 318 g/mol. The fourth-order valence-corrected chi connectivity index (χ4v) is 3.12. The van der Waals surface area contributed by atoms with Gasteiger partial charge in [0, 0.05) is 6.42 Å². The third-order valence-electron chi connectivity index (χ3n) is 4.37. The van der Waals surface area contributed by atoms with Crippen molar-refractivity contribution >= 4 is 11.4 Å². The summed E-state index contributed by atoms with van der Waals surface area (Å²) in [5, 5.41) is 6.39. The van der Waals surface area contributed by atoms with E-state index in [2.05, 4.69) is 5.10 Å². The van der Waals surface area contributed by atoms with Gasteiger partial charge in [0.05, 0.1) is 17.4 Å². The number of benzene rings is 3. The van der Waals surface area contributed by atoms with E-state index < -0.39 is 0 Å². The van der Waals surface area contributed by atoms with Gasteiger partial charge in [0.25, 0.3) is 0 Å². The number of hydrogen-bond acceptors (Lipinski definition) is 2. The Balaban J connectivity index is 1.77. The molecule has 0 bridgehead atoms. The van der Waals surface area contributed by atoms with Gasteiger partial charge in [-0.15, -0.1) is 0 Å². The predicted octanol–water partition coefficient (Wildman–Crippen LogP) is 5.32. The first-order valence-corrected chi connectivity index (χ1v) is 8.14. The minimum atomic E-state index is -0.312. The van der Waals surface area contributed by atoms with Crippen molar-refractivity contribution in [1.29, 1.82) is 0 Å². The predicted molar refractivity (Wildman–Crippen MR) is 95.6 cm³/mol. The highest BCUT2D eigenvalue weighted by atomic mass is 19.1. The van der Waals surface area contributed by atoms with Crippen molar-refractivity contribution in [3.63, 3.8) is 0 Å². The number of nitrogens with zero attached hydrogens (tertiary/aromatic N) is 2. The summed E-state index contributed by atoms with van der Waals surface area (Å²) in [5.41, 5.74) is 3.17. The normalized spacial score (nSPS) is 16.8. The average molecular weight is 334 g/mol. The monoisotopic (exact) mass is 334 g/mol. The van der Waals surface area contributed by atoms with E-state index in [0.717, 1.165) is 16.8 Å². The van der Waals surface area contributed by atoms with Crippen LogP contribution in [0.4, 0.5) is 14.5 Å². The van der Waals surface area contributed by atoms with Crippen LogP contribution >= 0.6 is 0 Å². The van der Waals surface area contributed by atoms with Gasteiger partial charge in [0.2, 0.25) is 0 Å². The van der Waals surface area contributed by atoms with E-state index in [4.69, 9.17) is 0 Å². The molecule has 0 saturated carbocycles. The molecule has 1 atom stereocenters. The summed E-state index contributed by atoms with van der Waals surface area (Å²) in [6, 6.07) is 22.7. The van der Waals surface area contributed by atoms with Crippen molar-refractivity contribution in [3.8, 4) is 0 Å². The number of rotatable bonds is 3. The molecule has 0 spiro atoms. The Morgan fingerprint density at radius 3 is 2.20 bits per heavy atom. The zero-order valence-electron chi connectivity index (χ0n) is 13.4. The van der Waals surface area contributed by atoms with E-state index in [1.807, 2.05) is 30.3 Å². The van der Waals surface area contributed by atoms with E-state index in [0.29, 0.717) is 12.1 Å². The van der Waals surface area contributed by atoms with Crippen LogP contribution in [0.1, 0.15) is 23.6 Å². The zero-order chi connectivity index (χ0) is 17.2. The maximum absolute atomic E-state index is 14.4. The Kier molecular flexibility index (Phi) is 4.02. The van der Waals surface area contributed by atoms with Crippen molar-refractivity contribution < 1.29 is 8.78 Å². The minimum absolute atomic E-state index is 0.0989. The SMILES string of the molecule is Fc1ccc(C2=NN(c3ccccc3F)[C@@H](c3ccccc3)C2)cc1. The van der Waals surface area contributed by atoms with Gasteiger partial charge in [-0.1, -0.05) is 54.6 Å². The summed E-state index contributed by atoms with van der Waals surface area (Å²) in [6.45, 7) is 0. The van der Waals surface area contributed by atoms with Gasteiger partial charge in [-0.05, 0) is 35.4 Å². The molecule has 0 radical (unpaired) electrons. The van der Waals surface area contributed by atoms with Crippen LogP contribution in [0.15, 0.2) is 84.0 Å². The Morgan fingerprint density at radius 1 is 0.800 bits per heavy atom. The van der Waals surface area contributed by atoms with Crippen LogP contribution in [-0.4, -0.2) is 5.71 Å². The molecular formula is C21H16F2N2. The van der Waals surface area contributed by atoms with Gasteiger partial charge < -0.3 is 0 Å². The molecule has 0 saturated heterocycles. The van der Waals surface area contributed by atoms with Crippen LogP contribution in [0, 0.1) is 11.6 Å². The lowest BCUT2D eigenvalue weighted by molar-refractivity contribution is 0.606. The van der Waals surface area contributed by atoms with E-state index in [1.165, 1.54) is 18.2 Å². The summed E-state index contributed by atoms with van der Waals surface area (Å²) in [7, 11) is 0. The lowest BCUT2D eigenvalue weighted by Crippen LogP contribution is -2.19. The van der Waals surface area contributed by atoms with Crippen molar-refractivity contribution in [2.75, 3.05) is 5.01 Å². The third-order valence-corrected chi connectivity index (χ3v) is 4.37. The fourth-order valence-electron chi connectivity index (χ4n) is 3.12. The smallest absolute Gasteiger partial charge is 0.148 e. The van der Waals surface area contributed by atoms with Gasteiger partial charge in [0.1, 0.15) is 11.6 Å². The first-order chi connectivity index (χ1) is 12.2. The summed E-state index contributed by atoms with van der Waals surface area (Å²) in [6.07, 6.45) is 0.629. The van der Waals surface area contributed by atoms with Gasteiger partial charge in [-0.25, -0.2) is 8.78 Å². The summed E-state index contributed by atoms with van der Waals surface area (Å²) >= 11 is 0. The largest absolute Gasteiger partial charge is 0.254 e. The molecule has 1 aliphatic rings. The van der Waals surface area contributed by atoms with Crippen molar-refractivity contribution in [2.45, 2.75) is 12.5 Å². The molecule has 4 rings (SSSR count). The van der Waals surface area contributed by atoms with Crippen molar-refractivity contribution in [2.24, 2.45) is 5.10 Å². The number of anilines is 1. The van der Waals surface area contributed by atoms with Crippen LogP contribution in [0.2, 0.25) is 0 Å². The highest BCUT2D eigenvalue weighted by Gasteiger charge is 2.31. The molecule has 0 amide bonds. The molecule has 0 N–H and O–H groups in total. The number of hydrazone groups is 1. The lowest BCUT2D eigenvalue weighted by Gasteiger charge is -2.24. The second kappa shape index (κ2) is 6.48. The molecule has 4 heteroatoms. The van der Waals surface area contributed by atoms with Crippen molar-refractivity contribution in [3.05, 3.63) is 102 Å². The minimum Gasteiger partial charge on any atom is -0.254 e. The van der Waals surface area contributed by atoms with Gasteiger partial charge in [-0.2, -0.15) is 5.10 Å². The number of halogens is 2. The number of para-hydroxylation sites is 1. The van der Waals surface area contributed by atoms with Crippen LogP contribution in [0.3, 0.4) is 0 Å². The Hall–Kier alpha value is -3.01. The van der Waals surface area contributed by atoms with Gasteiger partial charge >= 0.3 is 0 Å². The maximum atomic E-state index is 14.4. The van der Waals surface area contributed by atoms with Crippen LogP contribution in [0.25, 0.3) is 0 Å². The second-order valence-corrected chi connectivity index (χ2v) is 5.98. The molecule has 1 aliphatic heterocycles. The Morgan fingerprint density at radius 2 is 1.48 bits per heavy atom. The topological polar surface area (TPSA) is 15.6 Å². The first-order valence-electron chi connectivity index (χ1n) is 8.14. The molecule has 124 valence electrons. The highest BCUT2D eigenvalue weighted by molar-refractivity contribution is 6.03. The van der Waals surface area contributed by atoms with Crippen LogP contribution in [-0.2, 0) is 0 Å². The zero-order valence-corrected chi connectivity index (χ0v) is 13.4. The quantitative estimate of drug-likeness (QED) is 0.633.